The number of hydrogen-bond donors (Lipinski definition) is 2. The molecule has 160 valence electrons. The van der Waals surface area contributed by atoms with E-state index in [1.54, 1.807) is 0 Å². The molecule has 2 heterocycles. The fourth-order valence-corrected chi connectivity index (χ4v) is 3.90. The zero-order valence-corrected chi connectivity index (χ0v) is 19.9. The number of aliphatic imine (C=N–C) groups is 1. The second kappa shape index (κ2) is 12.2. The van der Waals surface area contributed by atoms with E-state index in [4.69, 9.17) is 9.73 Å². The molecule has 2 N–H and O–H groups in total. The van der Waals surface area contributed by atoms with Crippen LogP contribution in [0.4, 0.5) is 0 Å². The van der Waals surface area contributed by atoms with Gasteiger partial charge in [-0.25, -0.2) is 0 Å². The normalized spacial score (nSPS) is 16.1. The summed E-state index contributed by atoms with van der Waals surface area (Å²) in [7, 11) is 0. The van der Waals surface area contributed by atoms with E-state index in [0.717, 1.165) is 64.6 Å². The minimum absolute atomic E-state index is 0. The highest BCUT2D eigenvalue weighted by atomic mass is 127. The molecule has 3 rings (SSSR count). The molecule has 2 aromatic rings. The average Bonchev–Trinajstić information content (AvgIpc) is 3.24. The van der Waals surface area contributed by atoms with Gasteiger partial charge in [-0.1, -0.05) is 24.3 Å². The molecule has 0 spiro atoms. The van der Waals surface area contributed by atoms with E-state index in [0.29, 0.717) is 0 Å². The lowest BCUT2D eigenvalue weighted by molar-refractivity contribution is 0.0529. The van der Waals surface area contributed by atoms with Gasteiger partial charge in [0.05, 0.1) is 6.54 Å². The van der Waals surface area contributed by atoms with Gasteiger partial charge in [-0.2, -0.15) is 5.10 Å². The molecule has 1 aliphatic rings. The number of aromatic nitrogens is 2. The van der Waals surface area contributed by atoms with Crippen molar-refractivity contribution in [1.82, 2.24) is 20.4 Å². The van der Waals surface area contributed by atoms with Crippen LogP contribution in [0.1, 0.15) is 37.3 Å². The van der Waals surface area contributed by atoms with E-state index in [-0.39, 0.29) is 29.4 Å². The number of rotatable bonds is 8. The summed E-state index contributed by atoms with van der Waals surface area (Å²) in [5, 5.41) is 11.1. The summed E-state index contributed by atoms with van der Waals surface area (Å²) >= 11 is 0. The highest BCUT2D eigenvalue weighted by Crippen LogP contribution is 2.36. The number of guanidine groups is 1. The summed E-state index contributed by atoms with van der Waals surface area (Å²) in [6, 6.07) is 10.7. The Bertz CT molecular complexity index is 741. The second-order valence-electron chi connectivity index (χ2n) is 7.45. The van der Waals surface area contributed by atoms with Gasteiger partial charge in [0.2, 0.25) is 0 Å². The first-order valence-corrected chi connectivity index (χ1v) is 10.4. The lowest BCUT2D eigenvalue weighted by atomic mass is 9.72. The standard InChI is InChI=1S/C22H33N5O.HI/c1-3-23-21(24-12-6-14-27-15-7-13-26-27)25-18-22(10-16-28-17-11-22)20-9-5-4-8-19(20)2;/h4-5,7-9,13,15H,3,6,10-12,14,16-18H2,1-2H3,(H2,23,24,25);1H. The quantitative estimate of drug-likeness (QED) is 0.247. The fraction of sp³-hybridized carbons (Fsp3) is 0.545. The smallest absolute Gasteiger partial charge is 0.191 e. The lowest BCUT2D eigenvalue weighted by Gasteiger charge is -2.37. The molecule has 0 amide bonds. The van der Waals surface area contributed by atoms with E-state index >= 15 is 0 Å². The van der Waals surface area contributed by atoms with Crippen LogP contribution in [-0.2, 0) is 16.7 Å². The van der Waals surface area contributed by atoms with Gasteiger partial charge in [0.15, 0.2) is 5.96 Å². The number of aryl methyl sites for hydroxylation is 2. The lowest BCUT2D eigenvalue weighted by Crippen LogP contribution is -2.42. The molecule has 0 aliphatic carbocycles. The van der Waals surface area contributed by atoms with Gasteiger partial charge < -0.3 is 15.4 Å². The van der Waals surface area contributed by atoms with Crippen molar-refractivity contribution in [3.05, 3.63) is 53.9 Å². The highest BCUT2D eigenvalue weighted by molar-refractivity contribution is 14.0. The molecule has 0 radical (unpaired) electrons. The predicted molar refractivity (Wildman–Crippen MR) is 129 cm³/mol. The molecule has 1 saturated heterocycles. The molecule has 1 aliphatic heterocycles. The Hall–Kier alpha value is -1.61. The van der Waals surface area contributed by atoms with Gasteiger partial charge in [0.25, 0.3) is 0 Å². The van der Waals surface area contributed by atoms with Crippen LogP contribution in [0.15, 0.2) is 47.7 Å². The molecule has 1 aromatic heterocycles. The van der Waals surface area contributed by atoms with Crippen LogP contribution < -0.4 is 10.6 Å². The van der Waals surface area contributed by atoms with Crippen LogP contribution in [0, 0.1) is 6.92 Å². The molecule has 29 heavy (non-hydrogen) atoms. The third kappa shape index (κ3) is 6.70. The number of nitrogens with one attached hydrogen (secondary N) is 2. The SMILES string of the molecule is CCNC(=NCC1(c2ccccc2C)CCOCC1)NCCCn1cccn1.I. The number of hydrogen-bond acceptors (Lipinski definition) is 3. The topological polar surface area (TPSA) is 63.5 Å². The van der Waals surface area contributed by atoms with Crippen LogP contribution in [0.3, 0.4) is 0 Å². The maximum absolute atomic E-state index is 5.67. The molecule has 0 atom stereocenters. The average molecular weight is 511 g/mol. The molecular weight excluding hydrogens is 477 g/mol. The second-order valence-corrected chi connectivity index (χ2v) is 7.45. The molecule has 6 nitrogen and oxygen atoms in total. The van der Waals surface area contributed by atoms with Crippen LogP contribution in [0.25, 0.3) is 0 Å². The number of ether oxygens (including phenoxy) is 1. The first-order chi connectivity index (χ1) is 13.7. The zero-order chi connectivity index (χ0) is 19.7. The number of halogens is 1. The Balaban J connectivity index is 0.00000300. The van der Waals surface area contributed by atoms with Crippen LogP contribution in [0.2, 0.25) is 0 Å². The zero-order valence-electron chi connectivity index (χ0n) is 17.6. The van der Waals surface area contributed by atoms with E-state index < -0.39 is 0 Å². The predicted octanol–water partition coefficient (Wildman–Crippen LogP) is 3.50. The molecule has 1 fully saturated rings. The highest BCUT2D eigenvalue weighted by Gasteiger charge is 2.35. The maximum atomic E-state index is 5.67. The van der Waals surface area contributed by atoms with Crippen molar-refractivity contribution in [2.45, 2.75) is 45.1 Å². The third-order valence-electron chi connectivity index (χ3n) is 5.47. The van der Waals surface area contributed by atoms with Crippen molar-refractivity contribution in [2.75, 3.05) is 32.8 Å². The van der Waals surface area contributed by atoms with Crippen molar-refractivity contribution >= 4 is 29.9 Å². The maximum Gasteiger partial charge on any atom is 0.191 e. The number of benzene rings is 1. The van der Waals surface area contributed by atoms with E-state index in [1.807, 2.05) is 23.1 Å². The van der Waals surface area contributed by atoms with E-state index in [1.165, 1.54) is 11.1 Å². The molecule has 0 unspecified atom stereocenters. The van der Waals surface area contributed by atoms with Gasteiger partial charge in [0.1, 0.15) is 0 Å². The summed E-state index contributed by atoms with van der Waals surface area (Å²) in [4.78, 5) is 4.98. The Morgan fingerprint density at radius 3 is 2.69 bits per heavy atom. The molecule has 0 bridgehead atoms. The van der Waals surface area contributed by atoms with Crippen molar-refractivity contribution in [3.8, 4) is 0 Å². The van der Waals surface area contributed by atoms with Crippen LogP contribution >= 0.6 is 24.0 Å². The van der Waals surface area contributed by atoms with Crippen LogP contribution in [0.5, 0.6) is 0 Å². The van der Waals surface area contributed by atoms with E-state index in [9.17, 15) is 0 Å². The van der Waals surface area contributed by atoms with Crippen LogP contribution in [-0.4, -0.2) is 48.6 Å². The summed E-state index contributed by atoms with van der Waals surface area (Å²) in [6.45, 7) is 9.31. The first-order valence-electron chi connectivity index (χ1n) is 10.4. The van der Waals surface area contributed by atoms with E-state index in [2.05, 4.69) is 53.8 Å². The van der Waals surface area contributed by atoms with Gasteiger partial charge in [-0.05, 0) is 50.3 Å². The largest absolute Gasteiger partial charge is 0.381 e. The molecule has 1 aromatic carbocycles. The van der Waals surface area contributed by atoms with Gasteiger partial charge in [-0.3, -0.25) is 9.67 Å². The van der Waals surface area contributed by atoms with Gasteiger partial charge >= 0.3 is 0 Å². The summed E-state index contributed by atoms with van der Waals surface area (Å²) < 4.78 is 7.63. The van der Waals surface area contributed by atoms with Crippen molar-refractivity contribution in [2.24, 2.45) is 4.99 Å². The summed E-state index contributed by atoms with van der Waals surface area (Å²) in [6.07, 6.45) is 6.84. The Morgan fingerprint density at radius 2 is 2.00 bits per heavy atom. The Morgan fingerprint density at radius 1 is 1.21 bits per heavy atom. The molecule has 0 saturated carbocycles. The van der Waals surface area contributed by atoms with Gasteiger partial charge in [-0.15, -0.1) is 24.0 Å². The Kier molecular flexibility index (Phi) is 9.93. The summed E-state index contributed by atoms with van der Waals surface area (Å²) in [5.41, 5.74) is 2.81. The van der Waals surface area contributed by atoms with Crippen molar-refractivity contribution in [1.29, 1.82) is 0 Å². The van der Waals surface area contributed by atoms with Crippen molar-refractivity contribution in [3.63, 3.8) is 0 Å². The van der Waals surface area contributed by atoms with Gasteiger partial charge in [0, 0.05) is 50.7 Å². The monoisotopic (exact) mass is 511 g/mol. The Labute approximate surface area is 191 Å². The minimum Gasteiger partial charge on any atom is -0.381 e. The number of nitrogens with zero attached hydrogens (tertiary/aromatic N) is 3. The molecule has 7 heteroatoms. The summed E-state index contributed by atoms with van der Waals surface area (Å²) in [5.74, 6) is 0.891. The minimum atomic E-state index is 0. The third-order valence-corrected chi connectivity index (χ3v) is 5.47. The first kappa shape index (κ1) is 23.7. The molecular formula is C22H34IN5O. The fourth-order valence-electron chi connectivity index (χ4n) is 3.90. The van der Waals surface area contributed by atoms with Crippen molar-refractivity contribution < 1.29 is 4.74 Å².